The van der Waals surface area contributed by atoms with Crippen LogP contribution in [-0.2, 0) is 33.7 Å². The number of aryl methyl sites for hydroxylation is 1. The highest BCUT2D eigenvalue weighted by molar-refractivity contribution is 5.97. The van der Waals surface area contributed by atoms with Crippen LogP contribution < -0.4 is 0 Å². The minimum absolute atomic E-state index is 0.247. The predicted octanol–water partition coefficient (Wildman–Crippen LogP) is 5.53. The Morgan fingerprint density at radius 2 is 1.75 bits per heavy atom. The molecule has 1 heterocycles. The molecule has 0 aliphatic carbocycles. The maximum atomic E-state index is 12.1. The van der Waals surface area contributed by atoms with Crippen LogP contribution in [0.3, 0.4) is 0 Å². The molecule has 0 fully saturated rings. The zero-order valence-corrected chi connectivity index (χ0v) is 18.9. The van der Waals surface area contributed by atoms with Crippen molar-refractivity contribution < 1.29 is 19.1 Å². The SMILES string of the molecule is CCCCc1nccc(COC(C)=O)c1Cc1ccc(-c2ccccc2C(=O)OC)cc1. The lowest BCUT2D eigenvalue weighted by Crippen LogP contribution is -2.07. The number of pyridine rings is 1. The molecule has 0 amide bonds. The summed E-state index contributed by atoms with van der Waals surface area (Å²) in [6.07, 6.45) is 5.52. The third-order valence-electron chi connectivity index (χ3n) is 5.42. The van der Waals surface area contributed by atoms with E-state index in [9.17, 15) is 9.59 Å². The minimum Gasteiger partial charge on any atom is -0.465 e. The van der Waals surface area contributed by atoms with Crippen molar-refractivity contribution in [2.45, 2.75) is 46.1 Å². The average Bonchev–Trinajstić information content (AvgIpc) is 2.82. The van der Waals surface area contributed by atoms with E-state index in [1.165, 1.54) is 14.0 Å². The molecule has 0 bridgehead atoms. The van der Waals surface area contributed by atoms with Gasteiger partial charge in [-0.15, -0.1) is 0 Å². The van der Waals surface area contributed by atoms with Crippen LogP contribution in [0.1, 0.15) is 59.4 Å². The third kappa shape index (κ3) is 5.82. The van der Waals surface area contributed by atoms with E-state index >= 15 is 0 Å². The number of rotatable bonds is 9. The van der Waals surface area contributed by atoms with Gasteiger partial charge in [0.05, 0.1) is 12.7 Å². The van der Waals surface area contributed by atoms with Crippen molar-refractivity contribution in [2.24, 2.45) is 0 Å². The van der Waals surface area contributed by atoms with Crippen molar-refractivity contribution >= 4 is 11.9 Å². The molecule has 0 unspecified atom stereocenters. The van der Waals surface area contributed by atoms with Gasteiger partial charge in [0.15, 0.2) is 0 Å². The van der Waals surface area contributed by atoms with E-state index in [1.807, 2.05) is 36.4 Å². The van der Waals surface area contributed by atoms with Gasteiger partial charge in [0.2, 0.25) is 0 Å². The Morgan fingerprint density at radius 1 is 1.00 bits per heavy atom. The zero-order chi connectivity index (χ0) is 22.9. The van der Waals surface area contributed by atoms with Crippen molar-refractivity contribution in [2.75, 3.05) is 7.11 Å². The molecule has 3 rings (SSSR count). The molecule has 5 nitrogen and oxygen atoms in total. The summed E-state index contributed by atoms with van der Waals surface area (Å²) in [5, 5.41) is 0. The molecule has 0 atom stereocenters. The Kier molecular flexibility index (Phi) is 8.14. The van der Waals surface area contributed by atoms with Gasteiger partial charge in [-0.3, -0.25) is 9.78 Å². The number of unbranched alkanes of at least 4 members (excludes halogenated alkanes) is 1. The Labute approximate surface area is 189 Å². The first-order chi connectivity index (χ1) is 15.5. The summed E-state index contributed by atoms with van der Waals surface area (Å²) in [7, 11) is 1.39. The number of carbonyl (C=O) groups is 2. The molecule has 0 spiro atoms. The maximum absolute atomic E-state index is 12.1. The van der Waals surface area contributed by atoms with Gasteiger partial charge in [-0.1, -0.05) is 55.8 Å². The van der Waals surface area contributed by atoms with E-state index in [-0.39, 0.29) is 18.5 Å². The average molecular weight is 432 g/mol. The van der Waals surface area contributed by atoms with Gasteiger partial charge in [-0.05, 0) is 59.2 Å². The lowest BCUT2D eigenvalue weighted by Gasteiger charge is -2.15. The van der Waals surface area contributed by atoms with Crippen LogP contribution in [0.5, 0.6) is 0 Å². The summed E-state index contributed by atoms with van der Waals surface area (Å²) in [4.78, 5) is 28.1. The summed E-state index contributed by atoms with van der Waals surface area (Å²) >= 11 is 0. The van der Waals surface area contributed by atoms with Crippen molar-refractivity contribution in [3.63, 3.8) is 0 Å². The highest BCUT2D eigenvalue weighted by Crippen LogP contribution is 2.26. The normalized spacial score (nSPS) is 10.6. The smallest absolute Gasteiger partial charge is 0.338 e. The van der Waals surface area contributed by atoms with Gasteiger partial charge in [0.1, 0.15) is 6.61 Å². The number of hydrogen-bond donors (Lipinski definition) is 0. The number of ether oxygens (including phenoxy) is 2. The monoisotopic (exact) mass is 431 g/mol. The predicted molar refractivity (Wildman–Crippen MR) is 124 cm³/mol. The number of carbonyl (C=O) groups excluding carboxylic acids is 2. The number of esters is 2. The van der Waals surface area contributed by atoms with Gasteiger partial charge in [-0.2, -0.15) is 0 Å². The molecule has 0 N–H and O–H groups in total. The molecular weight excluding hydrogens is 402 g/mol. The molecule has 2 aromatic carbocycles. The first kappa shape index (κ1) is 23.2. The van der Waals surface area contributed by atoms with E-state index in [0.717, 1.165) is 52.8 Å². The summed E-state index contributed by atoms with van der Waals surface area (Å²) < 4.78 is 10.2. The van der Waals surface area contributed by atoms with E-state index in [0.29, 0.717) is 12.0 Å². The molecular formula is C27H29NO4. The van der Waals surface area contributed by atoms with Crippen LogP contribution in [0, 0.1) is 0 Å². The van der Waals surface area contributed by atoms with Gasteiger partial charge in [0.25, 0.3) is 0 Å². The summed E-state index contributed by atoms with van der Waals surface area (Å²) in [5.74, 6) is -0.646. The van der Waals surface area contributed by atoms with E-state index in [4.69, 9.17) is 9.47 Å². The molecule has 0 radical (unpaired) electrons. The topological polar surface area (TPSA) is 65.5 Å². The quantitative estimate of drug-likeness (QED) is 0.417. The fraction of sp³-hybridized carbons (Fsp3) is 0.296. The van der Waals surface area contributed by atoms with E-state index in [1.54, 1.807) is 12.3 Å². The van der Waals surface area contributed by atoms with E-state index in [2.05, 4.69) is 24.0 Å². The van der Waals surface area contributed by atoms with Crippen LogP contribution in [0.4, 0.5) is 0 Å². The fourth-order valence-corrected chi connectivity index (χ4v) is 3.70. The summed E-state index contributed by atoms with van der Waals surface area (Å²) in [6.45, 7) is 3.83. The Morgan fingerprint density at radius 3 is 2.44 bits per heavy atom. The maximum Gasteiger partial charge on any atom is 0.338 e. The van der Waals surface area contributed by atoms with Gasteiger partial charge < -0.3 is 9.47 Å². The Balaban J connectivity index is 1.89. The molecule has 32 heavy (non-hydrogen) atoms. The number of methoxy groups -OCH3 is 1. The van der Waals surface area contributed by atoms with Crippen molar-refractivity contribution in [1.29, 1.82) is 0 Å². The van der Waals surface area contributed by atoms with Crippen LogP contribution in [-0.4, -0.2) is 24.0 Å². The molecule has 166 valence electrons. The molecule has 5 heteroatoms. The Bertz CT molecular complexity index is 1070. The second-order valence-corrected chi connectivity index (χ2v) is 7.69. The molecule has 0 aliphatic heterocycles. The zero-order valence-electron chi connectivity index (χ0n) is 18.9. The standard InChI is InChI=1S/C27H29NO4/c1-4-5-10-26-25(22(15-16-28-26)18-32-19(2)29)17-20-11-13-21(14-12-20)23-8-6-7-9-24(23)27(30)31-3/h6-9,11-16H,4-5,10,17-18H2,1-3H3. The van der Waals surface area contributed by atoms with Crippen molar-refractivity contribution in [3.05, 3.63) is 88.7 Å². The van der Waals surface area contributed by atoms with Crippen molar-refractivity contribution in [1.82, 2.24) is 4.98 Å². The number of aromatic nitrogens is 1. The van der Waals surface area contributed by atoms with E-state index < -0.39 is 0 Å². The van der Waals surface area contributed by atoms with Crippen LogP contribution in [0.2, 0.25) is 0 Å². The Hall–Kier alpha value is -3.47. The lowest BCUT2D eigenvalue weighted by atomic mass is 9.94. The first-order valence-electron chi connectivity index (χ1n) is 10.9. The summed E-state index contributed by atoms with van der Waals surface area (Å²) in [6, 6.07) is 17.5. The number of nitrogens with zero attached hydrogens (tertiary/aromatic N) is 1. The van der Waals surface area contributed by atoms with Crippen LogP contribution >= 0.6 is 0 Å². The molecule has 0 aliphatic rings. The number of hydrogen-bond acceptors (Lipinski definition) is 5. The van der Waals surface area contributed by atoms with Crippen LogP contribution in [0.25, 0.3) is 11.1 Å². The minimum atomic E-state index is -0.351. The van der Waals surface area contributed by atoms with Gasteiger partial charge in [0, 0.05) is 18.8 Å². The third-order valence-corrected chi connectivity index (χ3v) is 5.42. The molecule has 3 aromatic rings. The molecule has 1 aromatic heterocycles. The largest absolute Gasteiger partial charge is 0.465 e. The highest BCUT2D eigenvalue weighted by atomic mass is 16.5. The number of benzene rings is 2. The van der Waals surface area contributed by atoms with Crippen molar-refractivity contribution in [3.8, 4) is 11.1 Å². The lowest BCUT2D eigenvalue weighted by molar-refractivity contribution is -0.142. The molecule has 0 saturated carbocycles. The fourth-order valence-electron chi connectivity index (χ4n) is 3.70. The second-order valence-electron chi connectivity index (χ2n) is 7.69. The highest BCUT2D eigenvalue weighted by Gasteiger charge is 2.14. The first-order valence-corrected chi connectivity index (χ1v) is 10.9. The second kappa shape index (κ2) is 11.2. The van der Waals surface area contributed by atoms with Gasteiger partial charge >= 0.3 is 11.9 Å². The van der Waals surface area contributed by atoms with Gasteiger partial charge in [-0.25, -0.2) is 4.79 Å². The van der Waals surface area contributed by atoms with Crippen LogP contribution in [0.15, 0.2) is 60.8 Å². The molecule has 0 saturated heterocycles. The summed E-state index contributed by atoms with van der Waals surface area (Å²) in [5.41, 5.74) is 6.61.